The number of nitrogens with zero attached hydrogens (tertiary/aromatic N) is 2. The smallest absolute Gasteiger partial charge is 0.335 e. The average Bonchev–Trinajstić information content (AvgIpc) is 2.71. The van der Waals surface area contributed by atoms with Crippen LogP contribution in [-0.4, -0.2) is 28.0 Å². The third-order valence-electron chi connectivity index (χ3n) is 3.42. The van der Waals surface area contributed by atoms with Gasteiger partial charge < -0.3 is 15.2 Å². The highest BCUT2D eigenvalue weighted by Gasteiger charge is 2.14. The van der Waals surface area contributed by atoms with Crippen molar-refractivity contribution in [3.05, 3.63) is 40.6 Å². The summed E-state index contributed by atoms with van der Waals surface area (Å²) in [6.07, 6.45) is 0. The molecular formula is C15H19N3O3. The van der Waals surface area contributed by atoms with Crippen LogP contribution in [0.3, 0.4) is 0 Å². The highest BCUT2D eigenvalue weighted by molar-refractivity contribution is 5.89. The number of carboxylic acid groups (broad SMARTS) is 1. The maximum absolute atomic E-state index is 11.0. The van der Waals surface area contributed by atoms with E-state index < -0.39 is 5.97 Å². The zero-order valence-corrected chi connectivity index (χ0v) is 12.6. The highest BCUT2D eigenvalue weighted by Crippen LogP contribution is 2.24. The summed E-state index contributed by atoms with van der Waals surface area (Å²) in [6, 6.07) is 5.02. The summed E-state index contributed by atoms with van der Waals surface area (Å²) in [6.45, 7) is 4.37. The van der Waals surface area contributed by atoms with Crippen LogP contribution < -0.4 is 10.1 Å². The normalized spacial score (nSPS) is 10.5. The van der Waals surface area contributed by atoms with E-state index in [1.54, 1.807) is 30.0 Å². The molecule has 0 aliphatic rings. The Labute approximate surface area is 123 Å². The molecule has 0 saturated heterocycles. The summed E-state index contributed by atoms with van der Waals surface area (Å²) in [5.41, 5.74) is 3.88. The number of benzene rings is 1. The van der Waals surface area contributed by atoms with E-state index in [9.17, 15) is 4.79 Å². The number of methoxy groups -OCH3 is 1. The minimum atomic E-state index is -0.937. The number of hydrogen-bond acceptors (Lipinski definition) is 4. The molecule has 6 heteroatoms. The molecule has 0 aliphatic heterocycles. The van der Waals surface area contributed by atoms with Crippen molar-refractivity contribution in [3.63, 3.8) is 0 Å². The van der Waals surface area contributed by atoms with Gasteiger partial charge in [0.25, 0.3) is 0 Å². The first-order valence-electron chi connectivity index (χ1n) is 6.58. The minimum absolute atomic E-state index is 0.262. The number of ether oxygens (including phenoxy) is 1. The number of anilines is 1. The first-order valence-corrected chi connectivity index (χ1v) is 6.58. The lowest BCUT2D eigenvalue weighted by molar-refractivity contribution is 0.0697. The van der Waals surface area contributed by atoms with Crippen LogP contribution in [0.5, 0.6) is 5.88 Å². The average molecular weight is 289 g/mol. The van der Waals surface area contributed by atoms with E-state index in [0.29, 0.717) is 12.4 Å². The van der Waals surface area contributed by atoms with E-state index in [4.69, 9.17) is 9.84 Å². The topological polar surface area (TPSA) is 76.4 Å². The molecule has 0 unspecified atom stereocenters. The fourth-order valence-corrected chi connectivity index (χ4v) is 2.27. The quantitative estimate of drug-likeness (QED) is 0.883. The Bertz CT molecular complexity index is 677. The molecule has 21 heavy (non-hydrogen) atoms. The van der Waals surface area contributed by atoms with Gasteiger partial charge in [-0.3, -0.25) is 0 Å². The summed E-state index contributed by atoms with van der Waals surface area (Å²) >= 11 is 0. The number of aromatic carboxylic acids is 1. The molecule has 1 aromatic heterocycles. The Morgan fingerprint density at radius 1 is 1.43 bits per heavy atom. The van der Waals surface area contributed by atoms with Crippen LogP contribution in [-0.2, 0) is 13.6 Å². The van der Waals surface area contributed by atoms with E-state index in [0.717, 1.165) is 22.5 Å². The molecule has 0 amide bonds. The lowest BCUT2D eigenvalue weighted by atomic mass is 10.1. The summed E-state index contributed by atoms with van der Waals surface area (Å²) in [7, 11) is 3.43. The fraction of sp³-hybridized carbons (Fsp3) is 0.333. The van der Waals surface area contributed by atoms with E-state index in [-0.39, 0.29) is 5.56 Å². The van der Waals surface area contributed by atoms with Crippen molar-refractivity contribution in [1.82, 2.24) is 9.78 Å². The van der Waals surface area contributed by atoms with Gasteiger partial charge in [-0.05, 0) is 31.5 Å². The molecule has 0 spiro atoms. The van der Waals surface area contributed by atoms with Crippen molar-refractivity contribution in [2.75, 3.05) is 12.4 Å². The molecule has 0 radical (unpaired) electrons. The molecule has 1 heterocycles. The Balaban J connectivity index is 2.24. The van der Waals surface area contributed by atoms with Crippen LogP contribution in [0.1, 0.15) is 27.2 Å². The zero-order chi connectivity index (χ0) is 15.6. The molecule has 1 aromatic carbocycles. The van der Waals surface area contributed by atoms with Gasteiger partial charge in [0.05, 0.1) is 23.9 Å². The summed E-state index contributed by atoms with van der Waals surface area (Å²) in [5.74, 6) is -0.236. The largest absolute Gasteiger partial charge is 0.481 e. The van der Waals surface area contributed by atoms with Crippen LogP contribution in [0.2, 0.25) is 0 Å². The van der Waals surface area contributed by atoms with E-state index in [1.165, 1.54) is 0 Å². The Kier molecular flexibility index (Phi) is 4.16. The van der Waals surface area contributed by atoms with E-state index in [1.807, 2.05) is 20.9 Å². The number of rotatable bonds is 5. The molecule has 112 valence electrons. The standard InChI is InChI=1S/C15H19N3O3/c1-9-5-6-11(15(19)20)7-13(9)16-8-12-10(2)17-18(3)14(12)21-4/h5-7,16H,8H2,1-4H3,(H,19,20). The molecule has 0 aliphatic carbocycles. The molecule has 0 atom stereocenters. The van der Waals surface area contributed by atoms with Crippen molar-refractivity contribution in [2.24, 2.45) is 7.05 Å². The van der Waals surface area contributed by atoms with Crippen molar-refractivity contribution < 1.29 is 14.6 Å². The van der Waals surface area contributed by atoms with E-state index >= 15 is 0 Å². The molecule has 0 saturated carbocycles. The van der Waals surface area contributed by atoms with Crippen molar-refractivity contribution >= 4 is 11.7 Å². The van der Waals surface area contributed by atoms with Gasteiger partial charge in [0, 0.05) is 19.3 Å². The van der Waals surface area contributed by atoms with Gasteiger partial charge in [0.1, 0.15) is 0 Å². The number of aromatic nitrogens is 2. The lowest BCUT2D eigenvalue weighted by Crippen LogP contribution is -2.05. The monoisotopic (exact) mass is 289 g/mol. The van der Waals surface area contributed by atoms with Gasteiger partial charge in [0.15, 0.2) is 0 Å². The molecule has 2 aromatic rings. The second-order valence-corrected chi connectivity index (χ2v) is 4.89. The lowest BCUT2D eigenvalue weighted by Gasteiger charge is -2.11. The molecule has 2 rings (SSSR count). The second kappa shape index (κ2) is 5.87. The minimum Gasteiger partial charge on any atom is -0.481 e. The molecule has 2 N–H and O–H groups in total. The van der Waals surface area contributed by atoms with Gasteiger partial charge in [-0.2, -0.15) is 5.10 Å². The van der Waals surface area contributed by atoms with Gasteiger partial charge in [-0.1, -0.05) is 6.07 Å². The number of nitrogens with one attached hydrogen (secondary N) is 1. The second-order valence-electron chi connectivity index (χ2n) is 4.89. The van der Waals surface area contributed by atoms with Crippen LogP contribution in [0.25, 0.3) is 0 Å². The Morgan fingerprint density at radius 2 is 2.14 bits per heavy atom. The predicted molar refractivity (Wildman–Crippen MR) is 80.0 cm³/mol. The predicted octanol–water partition coefficient (Wildman–Crippen LogP) is 2.36. The number of aryl methyl sites for hydroxylation is 3. The van der Waals surface area contributed by atoms with Crippen molar-refractivity contribution in [3.8, 4) is 5.88 Å². The van der Waals surface area contributed by atoms with Crippen LogP contribution in [0.15, 0.2) is 18.2 Å². The number of carboxylic acids is 1. The van der Waals surface area contributed by atoms with Crippen LogP contribution in [0.4, 0.5) is 5.69 Å². The maximum atomic E-state index is 11.0. The van der Waals surface area contributed by atoms with Crippen molar-refractivity contribution in [1.29, 1.82) is 0 Å². The summed E-state index contributed by atoms with van der Waals surface area (Å²) in [4.78, 5) is 11.0. The molecule has 0 fully saturated rings. The van der Waals surface area contributed by atoms with Gasteiger partial charge in [-0.25, -0.2) is 9.48 Å². The first-order chi connectivity index (χ1) is 9.93. The number of hydrogen-bond donors (Lipinski definition) is 2. The third-order valence-corrected chi connectivity index (χ3v) is 3.42. The SMILES string of the molecule is COc1c(CNc2cc(C(=O)O)ccc2C)c(C)nn1C. The van der Waals surface area contributed by atoms with Gasteiger partial charge in [-0.15, -0.1) is 0 Å². The highest BCUT2D eigenvalue weighted by atomic mass is 16.5. The molecular weight excluding hydrogens is 270 g/mol. The van der Waals surface area contributed by atoms with Crippen molar-refractivity contribution in [2.45, 2.75) is 20.4 Å². The van der Waals surface area contributed by atoms with Crippen LogP contribution >= 0.6 is 0 Å². The first kappa shape index (κ1) is 14.9. The van der Waals surface area contributed by atoms with Gasteiger partial charge in [0.2, 0.25) is 5.88 Å². The van der Waals surface area contributed by atoms with Crippen LogP contribution in [0, 0.1) is 13.8 Å². The third kappa shape index (κ3) is 2.99. The molecule has 0 bridgehead atoms. The van der Waals surface area contributed by atoms with E-state index in [2.05, 4.69) is 10.4 Å². The fourth-order valence-electron chi connectivity index (χ4n) is 2.27. The van der Waals surface area contributed by atoms with Gasteiger partial charge >= 0.3 is 5.97 Å². The molecule has 6 nitrogen and oxygen atoms in total. The Hall–Kier alpha value is -2.50. The summed E-state index contributed by atoms with van der Waals surface area (Å²) in [5, 5.41) is 16.6. The Morgan fingerprint density at radius 3 is 2.76 bits per heavy atom. The number of carbonyl (C=O) groups is 1. The summed E-state index contributed by atoms with van der Waals surface area (Å²) < 4.78 is 7.03. The zero-order valence-electron chi connectivity index (χ0n) is 12.6. The maximum Gasteiger partial charge on any atom is 0.335 e.